The summed E-state index contributed by atoms with van der Waals surface area (Å²) in [6.45, 7) is 11.2. The van der Waals surface area contributed by atoms with Crippen LogP contribution >= 0.6 is 0 Å². The van der Waals surface area contributed by atoms with Crippen molar-refractivity contribution in [1.29, 1.82) is 0 Å². The molecule has 1 atom stereocenters. The monoisotopic (exact) mass is 412 g/mol. The highest BCUT2D eigenvalue weighted by molar-refractivity contribution is 5.78. The number of carbonyl (C=O) groups is 1. The summed E-state index contributed by atoms with van der Waals surface area (Å²) in [4.78, 5) is 12.0. The quantitative estimate of drug-likeness (QED) is 0.571. The van der Waals surface area contributed by atoms with Crippen molar-refractivity contribution < 1.29 is 14.3 Å². The van der Waals surface area contributed by atoms with Gasteiger partial charge in [0.25, 0.3) is 5.91 Å². The average Bonchev–Trinajstić information content (AvgIpc) is 2.69. The van der Waals surface area contributed by atoms with Gasteiger partial charge in [-0.15, -0.1) is 0 Å². The molecule has 2 aromatic rings. The summed E-state index contributed by atoms with van der Waals surface area (Å²) in [5, 5.41) is 6.47. The molecule has 0 spiro atoms. The number of aryl methyl sites for hydroxylation is 1. The second-order valence-electron chi connectivity index (χ2n) is 8.61. The number of rotatable bonds is 11. The first-order valence-corrected chi connectivity index (χ1v) is 10.7. The zero-order valence-electron chi connectivity index (χ0n) is 19.0. The third kappa shape index (κ3) is 8.87. The molecule has 2 rings (SSSR count). The van der Waals surface area contributed by atoms with Crippen molar-refractivity contribution in [2.75, 3.05) is 13.2 Å². The van der Waals surface area contributed by atoms with E-state index in [2.05, 4.69) is 41.8 Å². The van der Waals surface area contributed by atoms with E-state index in [1.165, 1.54) is 5.56 Å². The van der Waals surface area contributed by atoms with Gasteiger partial charge in [0.05, 0.1) is 6.61 Å². The van der Waals surface area contributed by atoms with Crippen LogP contribution in [0.5, 0.6) is 11.5 Å². The molecule has 5 heteroatoms. The Morgan fingerprint density at radius 3 is 2.40 bits per heavy atom. The maximum atomic E-state index is 12.0. The largest absolute Gasteiger partial charge is 0.490 e. The van der Waals surface area contributed by atoms with Gasteiger partial charge in [0.1, 0.15) is 0 Å². The molecule has 0 aliphatic heterocycles. The summed E-state index contributed by atoms with van der Waals surface area (Å²) < 4.78 is 11.4. The molecule has 164 valence electrons. The van der Waals surface area contributed by atoms with Gasteiger partial charge in [-0.25, -0.2) is 0 Å². The molecule has 0 saturated heterocycles. The SMILES string of the molecule is CCOc1cc(CN[C@@H](C)CCc2ccccc2)ccc1OCC(=O)NC(C)(C)C. The van der Waals surface area contributed by atoms with E-state index in [0.717, 1.165) is 24.9 Å². The molecule has 0 aromatic heterocycles. The van der Waals surface area contributed by atoms with Gasteiger partial charge < -0.3 is 20.1 Å². The van der Waals surface area contributed by atoms with Crippen LogP contribution in [0.15, 0.2) is 48.5 Å². The minimum absolute atomic E-state index is 0.0362. The molecular weight excluding hydrogens is 376 g/mol. The van der Waals surface area contributed by atoms with Crippen molar-refractivity contribution in [3.63, 3.8) is 0 Å². The van der Waals surface area contributed by atoms with Gasteiger partial charge in [-0.05, 0) is 70.7 Å². The molecule has 0 radical (unpaired) electrons. The number of carbonyl (C=O) groups excluding carboxylic acids is 1. The number of hydrogen-bond acceptors (Lipinski definition) is 4. The Morgan fingerprint density at radius 2 is 1.73 bits per heavy atom. The second kappa shape index (κ2) is 11.6. The van der Waals surface area contributed by atoms with E-state index in [-0.39, 0.29) is 18.1 Å². The molecule has 0 unspecified atom stereocenters. The first-order chi connectivity index (χ1) is 14.3. The lowest BCUT2D eigenvalue weighted by molar-refractivity contribution is -0.124. The van der Waals surface area contributed by atoms with Crippen LogP contribution in [0.2, 0.25) is 0 Å². The molecule has 5 nitrogen and oxygen atoms in total. The number of nitrogens with one attached hydrogen (secondary N) is 2. The van der Waals surface area contributed by atoms with Gasteiger partial charge >= 0.3 is 0 Å². The Kier molecular flexibility index (Phi) is 9.18. The van der Waals surface area contributed by atoms with Gasteiger partial charge in [-0.3, -0.25) is 4.79 Å². The summed E-state index contributed by atoms with van der Waals surface area (Å²) >= 11 is 0. The van der Waals surface area contributed by atoms with Crippen LogP contribution in [0.4, 0.5) is 0 Å². The predicted octanol–water partition coefficient (Wildman–Crippen LogP) is 4.49. The lowest BCUT2D eigenvalue weighted by Crippen LogP contribution is -2.43. The summed E-state index contributed by atoms with van der Waals surface area (Å²) in [5.74, 6) is 1.10. The molecule has 0 fully saturated rings. The normalized spacial score (nSPS) is 12.3. The van der Waals surface area contributed by atoms with Gasteiger partial charge in [0.2, 0.25) is 0 Å². The minimum Gasteiger partial charge on any atom is -0.490 e. The third-order valence-corrected chi connectivity index (χ3v) is 4.54. The third-order valence-electron chi connectivity index (χ3n) is 4.54. The van der Waals surface area contributed by atoms with E-state index in [9.17, 15) is 4.79 Å². The van der Waals surface area contributed by atoms with E-state index >= 15 is 0 Å². The van der Waals surface area contributed by atoms with Gasteiger partial charge in [0, 0.05) is 18.1 Å². The molecule has 0 aliphatic carbocycles. The summed E-state index contributed by atoms with van der Waals surface area (Å²) in [6, 6.07) is 16.8. The van der Waals surface area contributed by atoms with E-state index in [1.807, 2.05) is 52.0 Å². The molecule has 0 bridgehead atoms. The van der Waals surface area contributed by atoms with E-state index in [4.69, 9.17) is 9.47 Å². The average molecular weight is 413 g/mol. The highest BCUT2D eigenvalue weighted by Gasteiger charge is 2.15. The van der Waals surface area contributed by atoms with Crippen molar-refractivity contribution in [3.05, 3.63) is 59.7 Å². The first-order valence-electron chi connectivity index (χ1n) is 10.7. The van der Waals surface area contributed by atoms with Gasteiger partial charge in [0.15, 0.2) is 18.1 Å². The molecule has 0 heterocycles. The van der Waals surface area contributed by atoms with E-state index < -0.39 is 0 Å². The van der Waals surface area contributed by atoms with Crippen molar-refractivity contribution >= 4 is 5.91 Å². The number of amides is 1. The number of ether oxygens (including phenoxy) is 2. The van der Waals surface area contributed by atoms with Crippen LogP contribution < -0.4 is 20.1 Å². The van der Waals surface area contributed by atoms with Crippen LogP contribution in [-0.2, 0) is 17.8 Å². The molecule has 0 saturated carbocycles. The molecule has 2 N–H and O–H groups in total. The zero-order chi connectivity index (χ0) is 22.0. The lowest BCUT2D eigenvalue weighted by atomic mass is 10.1. The number of hydrogen-bond donors (Lipinski definition) is 2. The zero-order valence-corrected chi connectivity index (χ0v) is 19.0. The Hall–Kier alpha value is -2.53. The molecule has 1 amide bonds. The minimum atomic E-state index is -0.282. The van der Waals surface area contributed by atoms with Crippen LogP contribution in [0.25, 0.3) is 0 Å². The molecule has 0 aliphatic rings. The Morgan fingerprint density at radius 1 is 1.00 bits per heavy atom. The topological polar surface area (TPSA) is 59.6 Å². The lowest BCUT2D eigenvalue weighted by Gasteiger charge is -2.21. The van der Waals surface area contributed by atoms with Crippen LogP contribution in [-0.4, -0.2) is 30.7 Å². The summed E-state index contributed by atoms with van der Waals surface area (Å²) in [5.41, 5.74) is 2.20. The van der Waals surface area contributed by atoms with Crippen LogP contribution in [0, 0.1) is 0 Å². The Balaban J connectivity index is 1.87. The Bertz CT molecular complexity index is 785. The molecule has 2 aromatic carbocycles. The fraction of sp³-hybridized carbons (Fsp3) is 0.480. The number of benzene rings is 2. The van der Waals surface area contributed by atoms with Crippen molar-refractivity contribution in [3.8, 4) is 11.5 Å². The predicted molar refractivity (Wildman–Crippen MR) is 122 cm³/mol. The highest BCUT2D eigenvalue weighted by atomic mass is 16.5. The van der Waals surface area contributed by atoms with Crippen molar-refractivity contribution in [2.45, 2.75) is 65.6 Å². The van der Waals surface area contributed by atoms with E-state index in [1.54, 1.807) is 0 Å². The molecular formula is C25H36N2O3. The maximum absolute atomic E-state index is 12.0. The Labute approximate surface area is 181 Å². The van der Waals surface area contributed by atoms with Crippen molar-refractivity contribution in [2.24, 2.45) is 0 Å². The van der Waals surface area contributed by atoms with Crippen molar-refractivity contribution in [1.82, 2.24) is 10.6 Å². The standard InChI is InChI=1S/C25H36N2O3/c1-6-29-23-16-21(14-15-22(23)30-18-24(28)27-25(3,4)5)17-26-19(2)12-13-20-10-8-7-9-11-20/h7-11,14-16,19,26H,6,12-13,17-18H2,1-5H3,(H,27,28)/t19-/m0/s1. The summed E-state index contributed by atoms with van der Waals surface area (Å²) in [7, 11) is 0. The first kappa shape index (κ1) is 23.7. The highest BCUT2D eigenvalue weighted by Crippen LogP contribution is 2.28. The van der Waals surface area contributed by atoms with Gasteiger partial charge in [-0.2, -0.15) is 0 Å². The fourth-order valence-corrected chi connectivity index (χ4v) is 3.07. The van der Waals surface area contributed by atoms with E-state index in [0.29, 0.717) is 24.1 Å². The molecule has 30 heavy (non-hydrogen) atoms. The smallest absolute Gasteiger partial charge is 0.258 e. The summed E-state index contributed by atoms with van der Waals surface area (Å²) in [6.07, 6.45) is 2.13. The fourth-order valence-electron chi connectivity index (χ4n) is 3.07. The van der Waals surface area contributed by atoms with Gasteiger partial charge in [-0.1, -0.05) is 36.4 Å². The maximum Gasteiger partial charge on any atom is 0.258 e. The van der Waals surface area contributed by atoms with Crippen LogP contribution in [0.3, 0.4) is 0 Å². The second-order valence-corrected chi connectivity index (χ2v) is 8.61. The van der Waals surface area contributed by atoms with Crippen LogP contribution in [0.1, 0.15) is 52.2 Å².